The molecule has 0 fully saturated rings. The summed E-state index contributed by atoms with van der Waals surface area (Å²) >= 11 is 3.05. The van der Waals surface area contributed by atoms with Gasteiger partial charge in [-0.1, -0.05) is 0 Å². The molecule has 0 bridgehead atoms. The van der Waals surface area contributed by atoms with E-state index in [0.717, 1.165) is 6.20 Å². The van der Waals surface area contributed by atoms with Crippen LogP contribution in [0.5, 0.6) is 0 Å². The lowest BCUT2D eigenvalue weighted by molar-refractivity contribution is -0.385. The highest BCUT2D eigenvalue weighted by Gasteiger charge is 2.09. The summed E-state index contributed by atoms with van der Waals surface area (Å²) < 4.78 is 0.444. The van der Waals surface area contributed by atoms with Gasteiger partial charge in [-0.2, -0.15) is 0 Å². The van der Waals surface area contributed by atoms with E-state index in [1.807, 2.05) is 0 Å². The first-order valence-corrected chi connectivity index (χ1v) is 3.84. The molecule has 0 aliphatic rings. The average molecular weight is 233 g/mol. The van der Waals surface area contributed by atoms with Crippen molar-refractivity contribution in [2.24, 2.45) is 0 Å². The Balaban J connectivity index is 3.10. The molecule has 0 aliphatic carbocycles. The highest BCUT2D eigenvalue weighted by molar-refractivity contribution is 9.10. The molecule has 1 aromatic rings. The molecule has 1 N–H and O–H groups in total. The third-order valence-corrected chi connectivity index (χ3v) is 1.95. The van der Waals surface area contributed by atoms with Crippen molar-refractivity contribution in [1.29, 1.82) is 0 Å². The molecule has 1 aromatic heterocycles. The second-order valence-corrected chi connectivity index (χ2v) is 2.89. The Kier molecular flexibility index (Phi) is 2.72. The Morgan fingerprint density at radius 2 is 2.42 bits per heavy atom. The van der Waals surface area contributed by atoms with Crippen molar-refractivity contribution in [1.82, 2.24) is 4.98 Å². The van der Waals surface area contributed by atoms with Gasteiger partial charge < -0.3 is 5.11 Å². The van der Waals surface area contributed by atoms with E-state index in [2.05, 4.69) is 20.9 Å². The number of aliphatic hydroxyl groups is 1. The highest BCUT2D eigenvalue weighted by Crippen LogP contribution is 2.20. The number of hydrogen-bond donors (Lipinski definition) is 1. The Morgan fingerprint density at radius 3 is 2.83 bits per heavy atom. The monoisotopic (exact) mass is 232 g/mol. The number of nitro groups is 1. The number of aliphatic hydroxyl groups excluding tert-OH is 1. The molecule has 0 spiro atoms. The van der Waals surface area contributed by atoms with Crippen LogP contribution in [0.4, 0.5) is 5.69 Å². The predicted molar refractivity (Wildman–Crippen MR) is 44.5 cm³/mol. The predicted octanol–water partition coefficient (Wildman–Crippen LogP) is 1.24. The Bertz CT molecular complexity index is 316. The largest absolute Gasteiger partial charge is 0.390 e. The van der Waals surface area contributed by atoms with Gasteiger partial charge in [0.1, 0.15) is 6.20 Å². The summed E-state index contributed by atoms with van der Waals surface area (Å²) in [5.41, 5.74) is 0.291. The average Bonchev–Trinajstić information content (AvgIpc) is 2.04. The van der Waals surface area contributed by atoms with Crippen LogP contribution in [-0.4, -0.2) is 15.0 Å². The molecular weight excluding hydrogens is 228 g/mol. The molecule has 0 atom stereocenters. The van der Waals surface area contributed by atoms with Crippen molar-refractivity contribution < 1.29 is 10.0 Å². The van der Waals surface area contributed by atoms with Gasteiger partial charge in [0.25, 0.3) is 5.69 Å². The van der Waals surface area contributed by atoms with E-state index in [1.165, 1.54) is 6.07 Å². The number of hydrogen-bond acceptors (Lipinski definition) is 4. The quantitative estimate of drug-likeness (QED) is 0.615. The first-order valence-electron chi connectivity index (χ1n) is 3.05. The fourth-order valence-electron chi connectivity index (χ4n) is 0.672. The molecule has 0 amide bonds. The van der Waals surface area contributed by atoms with E-state index in [4.69, 9.17) is 5.11 Å². The number of nitrogens with zero attached hydrogens (tertiary/aromatic N) is 2. The minimum absolute atomic E-state index is 0.0981. The van der Waals surface area contributed by atoms with Crippen LogP contribution in [0.1, 0.15) is 5.69 Å². The maximum Gasteiger partial charge on any atom is 0.288 e. The minimum atomic E-state index is -0.543. The first-order chi connectivity index (χ1) is 5.65. The van der Waals surface area contributed by atoms with Crippen LogP contribution in [0.25, 0.3) is 0 Å². The van der Waals surface area contributed by atoms with E-state index in [0.29, 0.717) is 10.2 Å². The number of rotatable bonds is 2. The fourth-order valence-corrected chi connectivity index (χ4v) is 1.13. The van der Waals surface area contributed by atoms with Gasteiger partial charge in [-0.15, -0.1) is 0 Å². The molecule has 0 unspecified atom stereocenters. The van der Waals surface area contributed by atoms with Gasteiger partial charge in [0.05, 0.1) is 17.2 Å². The summed E-state index contributed by atoms with van der Waals surface area (Å²) in [4.78, 5) is 13.4. The minimum Gasteiger partial charge on any atom is -0.390 e. The Morgan fingerprint density at radius 1 is 1.75 bits per heavy atom. The molecule has 6 heteroatoms. The molecule has 0 radical (unpaired) electrons. The molecule has 5 nitrogen and oxygen atoms in total. The fraction of sp³-hybridized carbons (Fsp3) is 0.167. The molecule has 1 rings (SSSR count). The topological polar surface area (TPSA) is 76.3 Å². The van der Waals surface area contributed by atoms with Gasteiger partial charge in [-0.3, -0.25) is 15.1 Å². The van der Waals surface area contributed by atoms with Gasteiger partial charge in [0.2, 0.25) is 0 Å². The lowest BCUT2D eigenvalue weighted by atomic mass is 10.3. The van der Waals surface area contributed by atoms with Crippen LogP contribution < -0.4 is 0 Å². The Labute approximate surface area is 76.3 Å². The van der Waals surface area contributed by atoms with E-state index >= 15 is 0 Å². The zero-order valence-electron chi connectivity index (χ0n) is 5.90. The van der Waals surface area contributed by atoms with Crippen LogP contribution in [0.2, 0.25) is 0 Å². The molecule has 12 heavy (non-hydrogen) atoms. The molecule has 64 valence electrons. The molecule has 0 saturated heterocycles. The second-order valence-electron chi connectivity index (χ2n) is 2.04. The van der Waals surface area contributed by atoms with Gasteiger partial charge in [0, 0.05) is 10.5 Å². The van der Waals surface area contributed by atoms with Crippen LogP contribution in [0, 0.1) is 10.1 Å². The van der Waals surface area contributed by atoms with Crippen molar-refractivity contribution in [3.63, 3.8) is 0 Å². The third kappa shape index (κ3) is 1.77. The summed E-state index contributed by atoms with van der Waals surface area (Å²) in [6.45, 7) is -0.238. The van der Waals surface area contributed by atoms with Crippen LogP contribution >= 0.6 is 15.9 Å². The van der Waals surface area contributed by atoms with Crippen LogP contribution in [-0.2, 0) is 6.61 Å². The standard InChI is InChI=1S/C6H5BrN2O3/c7-5-1-4(9(11)12)2-8-6(5)3-10/h1-2,10H,3H2. The highest BCUT2D eigenvalue weighted by atomic mass is 79.9. The normalized spacial score (nSPS) is 9.83. The molecule has 0 aliphatic heterocycles. The maximum atomic E-state index is 10.2. The van der Waals surface area contributed by atoms with Crippen LogP contribution in [0.15, 0.2) is 16.7 Å². The second kappa shape index (κ2) is 3.59. The number of pyridine rings is 1. The lowest BCUT2D eigenvalue weighted by Crippen LogP contribution is -1.94. The zero-order chi connectivity index (χ0) is 9.14. The van der Waals surface area contributed by atoms with E-state index in [1.54, 1.807) is 0 Å². The summed E-state index contributed by atoms with van der Waals surface area (Å²) in [6.07, 6.45) is 1.11. The van der Waals surface area contributed by atoms with Crippen molar-refractivity contribution >= 4 is 21.6 Å². The molecule has 0 aromatic carbocycles. The molecular formula is C6H5BrN2O3. The summed E-state index contributed by atoms with van der Waals surface area (Å²) in [5, 5.41) is 18.9. The van der Waals surface area contributed by atoms with Crippen LogP contribution in [0.3, 0.4) is 0 Å². The van der Waals surface area contributed by atoms with Gasteiger partial charge >= 0.3 is 0 Å². The Hall–Kier alpha value is -1.01. The molecule has 1 heterocycles. The lowest BCUT2D eigenvalue weighted by Gasteiger charge is -1.97. The number of halogens is 1. The summed E-state index contributed by atoms with van der Waals surface area (Å²) in [7, 11) is 0. The van der Waals surface area contributed by atoms with E-state index < -0.39 is 4.92 Å². The van der Waals surface area contributed by atoms with Crippen molar-refractivity contribution in [2.75, 3.05) is 0 Å². The summed E-state index contributed by atoms with van der Waals surface area (Å²) in [6, 6.07) is 1.30. The number of aromatic nitrogens is 1. The summed E-state index contributed by atoms with van der Waals surface area (Å²) in [5.74, 6) is 0. The van der Waals surface area contributed by atoms with E-state index in [9.17, 15) is 10.1 Å². The molecule has 0 saturated carbocycles. The van der Waals surface area contributed by atoms with Gasteiger partial charge in [0.15, 0.2) is 0 Å². The van der Waals surface area contributed by atoms with Crippen molar-refractivity contribution in [3.05, 3.63) is 32.5 Å². The third-order valence-electron chi connectivity index (χ3n) is 1.26. The zero-order valence-corrected chi connectivity index (χ0v) is 7.48. The van der Waals surface area contributed by atoms with Crippen molar-refractivity contribution in [3.8, 4) is 0 Å². The smallest absolute Gasteiger partial charge is 0.288 e. The maximum absolute atomic E-state index is 10.2. The SMILES string of the molecule is O=[N+]([O-])c1cnc(CO)c(Br)c1. The van der Waals surface area contributed by atoms with E-state index in [-0.39, 0.29) is 12.3 Å². The van der Waals surface area contributed by atoms with Gasteiger partial charge in [-0.05, 0) is 15.9 Å². The van der Waals surface area contributed by atoms with Gasteiger partial charge in [-0.25, -0.2) is 0 Å². The van der Waals surface area contributed by atoms with Crippen molar-refractivity contribution in [2.45, 2.75) is 6.61 Å². The first kappa shape index (κ1) is 9.08.